The molecule has 0 radical (unpaired) electrons. The summed E-state index contributed by atoms with van der Waals surface area (Å²) in [5.41, 5.74) is 0.757. The van der Waals surface area contributed by atoms with Gasteiger partial charge >= 0.3 is 0 Å². The summed E-state index contributed by atoms with van der Waals surface area (Å²) in [4.78, 5) is 0.163. The van der Waals surface area contributed by atoms with Crippen LogP contribution in [0.15, 0.2) is 53.4 Å². The fourth-order valence-electron chi connectivity index (χ4n) is 2.01. The Morgan fingerprint density at radius 1 is 1.05 bits per heavy atom. The van der Waals surface area contributed by atoms with Crippen LogP contribution >= 0.6 is 23.2 Å². The third-order valence-corrected chi connectivity index (χ3v) is 5.88. The monoisotopic (exact) mass is 343 g/mol. The van der Waals surface area contributed by atoms with Gasteiger partial charge in [-0.15, -0.1) is 0 Å². The SMILES string of the molecule is CC(c1ccccc1Cl)N(C)S(=O)(=O)c1cccc(Cl)c1. The third kappa shape index (κ3) is 3.40. The Hall–Kier alpha value is -1.07. The Balaban J connectivity index is 2.39. The van der Waals surface area contributed by atoms with Crippen LogP contribution in [0.5, 0.6) is 0 Å². The molecule has 0 amide bonds. The first-order valence-electron chi connectivity index (χ1n) is 6.32. The molecule has 2 aromatic rings. The van der Waals surface area contributed by atoms with E-state index in [1.54, 1.807) is 25.1 Å². The maximum atomic E-state index is 12.6. The Morgan fingerprint density at radius 2 is 1.71 bits per heavy atom. The second kappa shape index (κ2) is 6.36. The van der Waals surface area contributed by atoms with Crippen molar-refractivity contribution in [2.75, 3.05) is 7.05 Å². The number of nitrogens with zero attached hydrogens (tertiary/aromatic N) is 1. The molecule has 0 aromatic heterocycles. The highest BCUT2D eigenvalue weighted by Gasteiger charge is 2.27. The lowest BCUT2D eigenvalue weighted by Crippen LogP contribution is -2.30. The maximum Gasteiger partial charge on any atom is 0.243 e. The fourth-order valence-corrected chi connectivity index (χ4v) is 3.95. The second-order valence-electron chi connectivity index (χ2n) is 4.68. The van der Waals surface area contributed by atoms with E-state index < -0.39 is 10.0 Å². The van der Waals surface area contributed by atoms with Crippen molar-refractivity contribution in [2.24, 2.45) is 0 Å². The van der Waals surface area contributed by atoms with E-state index in [0.717, 1.165) is 5.56 Å². The molecule has 0 N–H and O–H groups in total. The van der Waals surface area contributed by atoms with Gasteiger partial charge in [0.1, 0.15) is 0 Å². The topological polar surface area (TPSA) is 37.4 Å². The normalized spacial score (nSPS) is 13.4. The summed E-state index contributed by atoms with van der Waals surface area (Å²) < 4.78 is 26.6. The maximum absolute atomic E-state index is 12.6. The van der Waals surface area contributed by atoms with Crippen molar-refractivity contribution in [3.63, 3.8) is 0 Å². The van der Waals surface area contributed by atoms with Crippen LogP contribution in [0.1, 0.15) is 18.5 Å². The average Bonchev–Trinajstić information content (AvgIpc) is 2.46. The molecule has 2 aromatic carbocycles. The smallest absolute Gasteiger partial charge is 0.207 e. The minimum atomic E-state index is -3.64. The molecule has 1 atom stereocenters. The molecule has 2 rings (SSSR count). The predicted molar refractivity (Wildman–Crippen MR) is 86.3 cm³/mol. The number of sulfonamides is 1. The van der Waals surface area contributed by atoms with Gasteiger partial charge in [-0.05, 0) is 36.8 Å². The van der Waals surface area contributed by atoms with Crippen LogP contribution < -0.4 is 0 Å². The number of halogens is 2. The Kier molecular flexibility index (Phi) is 4.94. The third-order valence-electron chi connectivity index (χ3n) is 3.37. The first-order chi connectivity index (χ1) is 9.84. The molecule has 1 unspecified atom stereocenters. The van der Waals surface area contributed by atoms with Crippen molar-refractivity contribution in [1.29, 1.82) is 0 Å². The zero-order chi connectivity index (χ0) is 15.6. The van der Waals surface area contributed by atoms with Crippen LogP contribution in [0.4, 0.5) is 0 Å². The molecule has 0 aliphatic rings. The minimum Gasteiger partial charge on any atom is -0.207 e. The zero-order valence-corrected chi connectivity index (χ0v) is 14.0. The lowest BCUT2D eigenvalue weighted by atomic mass is 10.1. The van der Waals surface area contributed by atoms with Crippen LogP contribution in [0.2, 0.25) is 10.0 Å². The molecule has 6 heteroatoms. The molecular formula is C15H15Cl2NO2S. The molecule has 0 aliphatic carbocycles. The molecule has 112 valence electrons. The lowest BCUT2D eigenvalue weighted by molar-refractivity contribution is 0.398. The van der Waals surface area contributed by atoms with E-state index in [2.05, 4.69) is 0 Å². The highest BCUT2D eigenvalue weighted by atomic mass is 35.5. The van der Waals surface area contributed by atoms with E-state index in [9.17, 15) is 8.42 Å². The van der Waals surface area contributed by atoms with Gasteiger partial charge in [0.25, 0.3) is 0 Å². The lowest BCUT2D eigenvalue weighted by Gasteiger charge is -2.25. The Morgan fingerprint density at radius 3 is 2.33 bits per heavy atom. The highest BCUT2D eigenvalue weighted by molar-refractivity contribution is 7.89. The van der Waals surface area contributed by atoms with Crippen LogP contribution in [0, 0.1) is 0 Å². The summed E-state index contributed by atoms with van der Waals surface area (Å²) >= 11 is 12.0. The van der Waals surface area contributed by atoms with Crippen molar-refractivity contribution in [3.8, 4) is 0 Å². The molecule has 0 heterocycles. The summed E-state index contributed by atoms with van der Waals surface area (Å²) in [5.74, 6) is 0. The molecule has 0 aliphatic heterocycles. The number of rotatable bonds is 4. The number of hydrogen-bond acceptors (Lipinski definition) is 2. The van der Waals surface area contributed by atoms with Gasteiger partial charge in [-0.1, -0.05) is 47.5 Å². The molecule has 0 saturated carbocycles. The molecular weight excluding hydrogens is 329 g/mol. The van der Waals surface area contributed by atoms with Gasteiger partial charge in [0.2, 0.25) is 10.0 Å². The zero-order valence-electron chi connectivity index (χ0n) is 11.6. The summed E-state index contributed by atoms with van der Waals surface area (Å²) in [6.45, 7) is 1.79. The van der Waals surface area contributed by atoms with Gasteiger partial charge in [-0.25, -0.2) is 8.42 Å². The summed E-state index contributed by atoms with van der Waals surface area (Å²) in [5, 5.41) is 0.924. The fraction of sp³-hybridized carbons (Fsp3) is 0.200. The van der Waals surface area contributed by atoms with Gasteiger partial charge in [0.05, 0.1) is 4.90 Å². The summed E-state index contributed by atoms with van der Waals surface area (Å²) in [6.07, 6.45) is 0. The Labute approximate surface area is 135 Å². The van der Waals surface area contributed by atoms with E-state index in [0.29, 0.717) is 10.0 Å². The van der Waals surface area contributed by atoms with E-state index in [1.807, 2.05) is 18.2 Å². The molecule has 0 saturated heterocycles. The van der Waals surface area contributed by atoms with Crippen molar-refractivity contribution >= 4 is 33.2 Å². The standard InChI is InChI=1S/C15H15Cl2NO2S/c1-11(14-8-3-4-9-15(14)17)18(2)21(19,20)13-7-5-6-12(16)10-13/h3-11H,1-2H3. The van der Waals surface area contributed by atoms with Crippen molar-refractivity contribution in [3.05, 3.63) is 64.1 Å². The van der Waals surface area contributed by atoms with Crippen LogP contribution in [0.25, 0.3) is 0 Å². The van der Waals surface area contributed by atoms with Crippen molar-refractivity contribution in [1.82, 2.24) is 4.31 Å². The van der Waals surface area contributed by atoms with Crippen molar-refractivity contribution in [2.45, 2.75) is 17.9 Å². The van der Waals surface area contributed by atoms with Gasteiger partial charge in [-0.2, -0.15) is 4.31 Å². The Bertz CT molecular complexity index is 747. The summed E-state index contributed by atoms with van der Waals surface area (Å²) in [6, 6.07) is 13.0. The first-order valence-corrected chi connectivity index (χ1v) is 8.51. The van der Waals surface area contributed by atoms with Crippen LogP contribution in [-0.4, -0.2) is 19.8 Å². The van der Waals surface area contributed by atoms with Gasteiger partial charge < -0.3 is 0 Å². The second-order valence-corrected chi connectivity index (χ2v) is 7.52. The molecule has 3 nitrogen and oxygen atoms in total. The number of benzene rings is 2. The van der Waals surface area contributed by atoms with Crippen LogP contribution in [0.3, 0.4) is 0 Å². The summed E-state index contributed by atoms with van der Waals surface area (Å²) in [7, 11) is -2.10. The molecule has 0 spiro atoms. The minimum absolute atomic E-state index is 0.163. The average molecular weight is 344 g/mol. The van der Waals surface area contributed by atoms with E-state index >= 15 is 0 Å². The van der Waals surface area contributed by atoms with E-state index in [4.69, 9.17) is 23.2 Å². The quantitative estimate of drug-likeness (QED) is 0.826. The van der Waals surface area contributed by atoms with E-state index in [1.165, 1.54) is 23.5 Å². The predicted octanol–water partition coefficient (Wildman–Crippen LogP) is 4.38. The molecule has 21 heavy (non-hydrogen) atoms. The van der Waals surface area contributed by atoms with E-state index in [-0.39, 0.29) is 10.9 Å². The van der Waals surface area contributed by atoms with Gasteiger partial charge in [0, 0.05) is 23.1 Å². The van der Waals surface area contributed by atoms with Gasteiger partial charge in [-0.3, -0.25) is 0 Å². The number of hydrogen-bond donors (Lipinski definition) is 0. The van der Waals surface area contributed by atoms with Crippen molar-refractivity contribution < 1.29 is 8.42 Å². The largest absolute Gasteiger partial charge is 0.243 e. The highest BCUT2D eigenvalue weighted by Crippen LogP contribution is 2.30. The first kappa shape index (κ1) is 16.3. The molecule has 0 bridgehead atoms. The van der Waals surface area contributed by atoms with Crippen LogP contribution in [-0.2, 0) is 10.0 Å². The van der Waals surface area contributed by atoms with Gasteiger partial charge in [0.15, 0.2) is 0 Å². The molecule has 0 fully saturated rings.